The first-order valence-electron chi connectivity index (χ1n) is 15.4. The maximum absolute atomic E-state index is 15.3. The Balaban J connectivity index is 1.17. The fourth-order valence-corrected chi connectivity index (χ4v) is 5.35. The molecular weight excluding hydrogens is 659 g/mol. The van der Waals surface area contributed by atoms with Gasteiger partial charge in [-0.15, -0.1) is 0 Å². The van der Waals surface area contributed by atoms with Gasteiger partial charge in [0.2, 0.25) is 5.69 Å². The van der Waals surface area contributed by atoms with Gasteiger partial charge < -0.3 is 24.3 Å². The van der Waals surface area contributed by atoms with Crippen LogP contribution in [0.3, 0.4) is 0 Å². The van der Waals surface area contributed by atoms with Crippen molar-refractivity contribution in [1.29, 1.82) is 0 Å². The summed E-state index contributed by atoms with van der Waals surface area (Å²) in [7, 11) is 2.75. The predicted octanol–water partition coefficient (Wildman–Crippen LogP) is 4.43. The minimum atomic E-state index is -0.942. The summed E-state index contributed by atoms with van der Waals surface area (Å²) in [5.74, 6) is -0.545. The molecule has 3 aromatic carbocycles. The van der Waals surface area contributed by atoms with E-state index < -0.39 is 28.7 Å². The highest BCUT2D eigenvalue weighted by atomic mass is 35.5. The minimum absolute atomic E-state index is 0.0274. The first-order chi connectivity index (χ1) is 23.7. The average Bonchev–Trinajstić information content (AvgIpc) is 3.11. The Bertz CT molecular complexity index is 2120. The van der Waals surface area contributed by atoms with Crippen LogP contribution in [0.15, 0.2) is 76.4 Å². The summed E-state index contributed by atoms with van der Waals surface area (Å²) in [5.41, 5.74) is -1.39. The first-order valence-corrected chi connectivity index (χ1v) is 15.7. The van der Waals surface area contributed by atoms with Crippen molar-refractivity contribution in [2.24, 2.45) is 7.05 Å². The van der Waals surface area contributed by atoms with Crippen LogP contribution in [0.1, 0.15) is 16.9 Å². The van der Waals surface area contributed by atoms with Crippen LogP contribution in [-0.4, -0.2) is 76.7 Å². The summed E-state index contributed by atoms with van der Waals surface area (Å²) in [5, 5.41) is 7.43. The number of nitrogens with zero attached hydrogens (tertiary/aromatic N) is 5. The van der Waals surface area contributed by atoms with E-state index in [9.17, 15) is 14.4 Å². The van der Waals surface area contributed by atoms with E-state index in [1.165, 1.54) is 56.8 Å². The van der Waals surface area contributed by atoms with E-state index in [1.54, 1.807) is 18.2 Å². The molecule has 1 aliphatic heterocycles. The lowest BCUT2D eigenvalue weighted by molar-refractivity contribution is 0.0357. The Hall–Kier alpha value is -5.31. The van der Waals surface area contributed by atoms with E-state index in [0.717, 1.165) is 54.6 Å². The van der Waals surface area contributed by atoms with Crippen LogP contribution in [0, 0.1) is 5.82 Å². The smallest absolute Gasteiger partial charge is 0.351 e. The summed E-state index contributed by atoms with van der Waals surface area (Å²) >= 11 is 5.94. The van der Waals surface area contributed by atoms with Crippen LogP contribution in [0.25, 0.3) is 16.6 Å². The molecule has 0 bridgehead atoms. The molecule has 0 spiro atoms. The van der Waals surface area contributed by atoms with Gasteiger partial charge in [-0.2, -0.15) is 9.78 Å². The van der Waals surface area contributed by atoms with Crippen molar-refractivity contribution >= 4 is 34.1 Å². The number of carbonyl (C=O) groups is 1. The molecule has 13 nitrogen and oxygen atoms in total. The van der Waals surface area contributed by atoms with Gasteiger partial charge >= 0.3 is 5.69 Å². The molecule has 0 saturated carbocycles. The van der Waals surface area contributed by atoms with Crippen LogP contribution in [0.4, 0.5) is 10.1 Å². The SMILES string of the molecule is COc1cc2c(Oc3ccc(NC(=O)c4nn(-c5ccc(Cl)cc5)c(=O)n(C)c4=O)cc3F)ccnc2cc1OCCCN1CCOCC1. The molecular formula is C34H32ClFN6O7. The van der Waals surface area contributed by atoms with Crippen LogP contribution < -0.4 is 30.8 Å². The maximum atomic E-state index is 15.3. The van der Waals surface area contributed by atoms with Gasteiger partial charge in [-0.3, -0.25) is 24.0 Å². The molecule has 0 atom stereocenters. The zero-order valence-electron chi connectivity index (χ0n) is 26.7. The Labute approximate surface area is 284 Å². The lowest BCUT2D eigenvalue weighted by Gasteiger charge is -2.26. The molecule has 6 rings (SSSR count). The van der Waals surface area contributed by atoms with Gasteiger partial charge in [-0.25, -0.2) is 9.18 Å². The number of rotatable bonds is 11. The van der Waals surface area contributed by atoms with E-state index in [-0.39, 0.29) is 17.1 Å². The molecule has 2 aromatic heterocycles. The lowest BCUT2D eigenvalue weighted by Crippen LogP contribution is -2.43. The highest BCUT2D eigenvalue weighted by molar-refractivity contribution is 6.30. The standard InChI is InChI=1S/C34H32ClFN6O7/c1-40-33(44)31(39-42(34(40)45)23-7-4-21(35)5-8-23)32(43)38-22-6-9-28(25(36)18-22)49-27-10-11-37-26-20-30(29(46-2)19-24(26)27)48-15-3-12-41-13-16-47-17-14-41/h4-11,18-20H,3,12-17H2,1-2H3,(H,38,43). The van der Waals surface area contributed by atoms with E-state index in [1.807, 2.05) is 0 Å². The Morgan fingerprint density at radius 1 is 1.00 bits per heavy atom. The minimum Gasteiger partial charge on any atom is -0.493 e. The molecule has 0 unspecified atom stereocenters. The Kier molecular flexibility index (Phi) is 10.2. The largest absolute Gasteiger partial charge is 0.493 e. The van der Waals surface area contributed by atoms with Gasteiger partial charge in [0, 0.05) is 61.1 Å². The van der Waals surface area contributed by atoms with Crippen molar-refractivity contribution in [1.82, 2.24) is 24.2 Å². The fraction of sp³-hybridized carbons (Fsp3) is 0.265. The van der Waals surface area contributed by atoms with E-state index in [0.29, 0.717) is 39.8 Å². The number of fused-ring (bicyclic) bond motifs is 1. The monoisotopic (exact) mass is 690 g/mol. The number of hydrogen-bond donors (Lipinski definition) is 1. The zero-order chi connectivity index (χ0) is 34.5. The number of nitrogens with one attached hydrogen (secondary N) is 1. The molecule has 1 amide bonds. The van der Waals surface area contributed by atoms with Crippen molar-refractivity contribution < 1.29 is 28.1 Å². The van der Waals surface area contributed by atoms with Crippen molar-refractivity contribution in [3.8, 4) is 28.7 Å². The second kappa shape index (κ2) is 14.8. The molecule has 5 aromatic rings. The number of anilines is 1. The third kappa shape index (κ3) is 7.56. The molecule has 0 aliphatic carbocycles. The molecule has 1 saturated heterocycles. The number of ether oxygens (including phenoxy) is 4. The summed E-state index contributed by atoms with van der Waals surface area (Å²) in [6, 6.07) is 14.9. The van der Waals surface area contributed by atoms with E-state index in [2.05, 4.69) is 20.3 Å². The highest BCUT2D eigenvalue weighted by Gasteiger charge is 2.20. The van der Waals surface area contributed by atoms with Gasteiger partial charge in [0.15, 0.2) is 23.1 Å². The third-order valence-corrected chi connectivity index (χ3v) is 8.09. The van der Waals surface area contributed by atoms with Gasteiger partial charge in [-0.1, -0.05) is 11.6 Å². The summed E-state index contributed by atoms with van der Waals surface area (Å²) < 4.78 is 39.9. The van der Waals surface area contributed by atoms with Crippen molar-refractivity contribution in [2.45, 2.75) is 6.42 Å². The quantitative estimate of drug-likeness (QED) is 0.198. The van der Waals surface area contributed by atoms with Crippen molar-refractivity contribution in [2.75, 3.05) is 51.9 Å². The van der Waals surface area contributed by atoms with Crippen LogP contribution in [-0.2, 0) is 11.8 Å². The normalized spacial score (nSPS) is 13.3. The number of hydrogen-bond acceptors (Lipinski definition) is 10. The predicted molar refractivity (Wildman–Crippen MR) is 180 cm³/mol. The summed E-state index contributed by atoms with van der Waals surface area (Å²) in [6.07, 6.45) is 2.37. The molecule has 49 heavy (non-hydrogen) atoms. The zero-order valence-corrected chi connectivity index (χ0v) is 27.4. The molecule has 1 fully saturated rings. The number of methoxy groups -OCH3 is 1. The van der Waals surface area contributed by atoms with Gasteiger partial charge in [-0.05, 0) is 55.0 Å². The van der Waals surface area contributed by atoms with Crippen LogP contribution >= 0.6 is 11.6 Å². The molecule has 0 radical (unpaired) electrons. The topological polar surface area (TPSA) is 139 Å². The van der Waals surface area contributed by atoms with Crippen LogP contribution in [0.5, 0.6) is 23.0 Å². The Morgan fingerprint density at radius 3 is 2.51 bits per heavy atom. The molecule has 1 N–H and O–H groups in total. The van der Waals surface area contributed by atoms with Gasteiger partial charge in [0.1, 0.15) is 5.75 Å². The summed E-state index contributed by atoms with van der Waals surface area (Å²) in [4.78, 5) is 45.3. The number of halogens is 2. The third-order valence-electron chi connectivity index (χ3n) is 7.84. The van der Waals surface area contributed by atoms with Gasteiger partial charge in [0.05, 0.1) is 38.1 Å². The second-order valence-corrected chi connectivity index (χ2v) is 11.5. The second-order valence-electron chi connectivity index (χ2n) is 11.1. The number of morpholine rings is 1. The fourth-order valence-electron chi connectivity index (χ4n) is 5.22. The van der Waals surface area contributed by atoms with E-state index in [4.69, 9.17) is 30.5 Å². The number of pyridine rings is 1. The lowest BCUT2D eigenvalue weighted by atomic mass is 10.1. The molecule has 3 heterocycles. The average molecular weight is 691 g/mol. The number of amides is 1. The summed E-state index contributed by atoms with van der Waals surface area (Å²) in [6.45, 7) is 4.69. The van der Waals surface area contributed by atoms with E-state index >= 15 is 4.39 Å². The molecule has 254 valence electrons. The molecule has 15 heteroatoms. The number of benzene rings is 3. The van der Waals surface area contributed by atoms with Crippen LogP contribution in [0.2, 0.25) is 5.02 Å². The van der Waals surface area contributed by atoms with Crippen molar-refractivity contribution in [3.05, 3.63) is 104 Å². The highest BCUT2D eigenvalue weighted by Crippen LogP contribution is 2.38. The van der Waals surface area contributed by atoms with Crippen molar-refractivity contribution in [3.63, 3.8) is 0 Å². The number of aromatic nitrogens is 4. The van der Waals surface area contributed by atoms with Gasteiger partial charge in [0.25, 0.3) is 11.5 Å². The molecule has 1 aliphatic rings. The number of carbonyl (C=O) groups excluding carboxylic acids is 1. The Morgan fingerprint density at radius 2 is 1.78 bits per heavy atom. The first kappa shape index (κ1) is 33.6. The maximum Gasteiger partial charge on any atom is 0.351 e.